The maximum atomic E-state index is 13.4. The molecule has 3 aromatic rings. The van der Waals surface area contributed by atoms with Crippen molar-refractivity contribution in [2.75, 3.05) is 75.2 Å². The van der Waals surface area contributed by atoms with Gasteiger partial charge in [0.15, 0.2) is 5.82 Å². The highest BCUT2D eigenvalue weighted by Gasteiger charge is 2.42. The van der Waals surface area contributed by atoms with E-state index in [-0.39, 0.29) is 48.2 Å². The second-order valence-electron chi connectivity index (χ2n) is 18.4. The molecule has 3 fully saturated rings. The third kappa shape index (κ3) is 11.3. The second-order valence-corrected chi connectivity index (χ2v) is 18.4. The Kier molecular flexibility index (Phi) is 16.2. The molecule has 2 atom stereocenters. The van der Waals surface area contributed by atoms with E-state index in [9.17, 15) is 24.0 Å². The number of ether oxygens (including phenoxy) is 2. The van der Waals surface area contributed by atoms with Crippen LogP contribution in [0, 0.1) is 11.8 Å². The van der Waals surface area contributed by atoms with Gasteiger partial charge in [-0.1, -0.05) is 37.7 Å². The number of carbonyl (C=O) groups is 5. The number of hydrogen-bond acceptors (Lipinski definition) is 13. The number of carbonyl (C=O) groups excluding carboxylic acids is 5. The zero-order valence-corrected chi connectivity index (χ0v) is 39.7. The summed E-state index contributed by atoms with van der Waals surface area (Å²) in [6.07, 6.45) is 12.6. The zero-order chi connectivity index (χ0) is 47.6. The molecule has 68 heavy (non-hydrogen) atoms. The lowest BCUT2D eigenvalue weighted by Gasteiger charge is -2.43. The Labute approximate surface area is 399 Å². The van der Waals surface area contributed by atoms with Gasteiger partial charge in [-0.15, -0.1) is 0 Å². The van der Waals surface area contributed by atoms with Crippen LogP contribution in [0.3, 0.4) is 0 Å². The maximum absolute atomic E-state index is 13.4. The molecule has 4 N–H and O–H groups in total. The smallest absolute Gasteiger partial charge is 0.255 e. The molecule has 17 heteroatoms. The van der Waals surface area contributed by atoms with E-state index in [0.29, 0.717) is 73.2 Å². The molecule has 17 nitrogen and oxygen atoms in total. The van der Waals surface area contributed by atoms with Gasteiger partial charge < -0.3 is 45.0 Å². The number of rotatable bonds is 19. The van der Waals surface area contributed by atoms with Crippen LogP contribution in [-0.4, -0.2) is 134 Å². The Hall–Kier alpha value is -6.09. The Balaban J connectivity index is 0.685. The summed E-state index contributed by atoms with van der Waals surface area (Å²) in [6.45, 7) is 8.40. The molecule has 5 heterocycles. The molecular formula is C51H66N10O7. The van der Waals surface area contributed by atoms with Gasteiger partial charge in [-0.05, 0) is 113 Å². The van der Waals surface area contributed by atoms with E-state index < -0.39 is 11.9 Å². The Bertz CT molecular complexity index is 2390. The first kappa shape index (κ1) is 48.4. The van der Waals surface area contributed by atoms with Crippen LogP contribution in [0.2, 0.25) is 0 Å². The Morgan fingerprint density at radius 1 is 0.971 bits per heavy atom. The number of hydrogen-bond donors (Lipinski definition) is 4. The monoisotopic (exact) mass is 931 g/mol. The van der Waals surface area contributed by atoms with Crippen molar-refractivity contribution in [1.29, 1.82) is 0 Å². The minimum absolute atomic E-state index is 0.0742. The summed E-state index contributed by atoms with van der Waals surface area (Å²) in [6, 6.07) is 10.3. The third-order valence-electron chi connectivity index (χ3n) is 13.9. The predicted octanol–water partition coefficient (Wildman–Crippen LogP) is 4.91. The molecule has 8 rings (SSSR count). The SMILES string of the molecule is CC[C@@H]1C(=O)N(C)c2cnc(Nc3ccc(C(=O)NC4CCN(CCCNCCCOCCCC#Cc5cccc6c5CN(C5CCC(=O)NC5=O)C6=O)CC4)cc3OC)nc2N1C1CCCC1. The fourth-order valence-corrected chi connectivity index (χ4v) is 10.1. The maximum Gasteiger partial charge on any atom is 0.255 e. The van der Waals surface area contributed by atoms with Crippen molar-refractivity contribution < 1.29 is 33.4 Å². The van der Waals surface area contributed by atoms with Gasteiger partial charge in [0.2, 0.25) is 23.7 Å². The van der Waals surface area contributed by atoms with E-state index in [1.807, 2.05) is 18.2 Å². The number of benzene rings is 2. The van der Waals surface area contributed by atoms with Crippen molar-refractivity contribution in [2.24, 2.45) is 0 Å². The van der Waals surface area contributed by atoms with Crippen molar-refractivity contribution in [3.05, 3.63) is 64.8 Å². The molecular weight excluding hydrogens is 865 g/mol. The van der Waals surface area contributed by atoms with Crippen molar-refractivity contribution in [3.63, 3.8) is 0 Å². The lowest BCUT2D eigenvalue weighted by Crippen LogP contribution is -2.55. The van der Waals surface area contributed by atoms with E-state index in [0.717, 1.165) is 107 Å². The number of piperidine rings is 2. The molecule has 1 unspecified atom stereocenters. The van der Waals surface area contributed by atoms with Gasteiger partial charge in [0, 0.05) is 81.5 Å². The van der Waals surface area contributed by atoms with Crippen LogP contribution in [0.1, 0.15) is 122 Å². The molecule has 4 aliphatic heterocycles. The van der Waals surface area contributed by atoms with E-state index in [2.05, 4.69) is 54.8 Å². The van der Waals surface area contributed by atoms with Gasteiger partial charge >= 0.3 is 0 Å². The first-order valence-corrected chi connectivity index (χ1v) is 24.6. The topological polar surface area (TPSA) is 191 Å². The Morgan fingerprint density at radius 3 is 2.54 bits per heavy atom. The van der Waals surface area contributed by atoms with Crippen LogP contribution >= 0.6 is 0 Å². The summed E-state index contributed by atoms with van der Waals surface area (Å²) in [4.78, 5) is 81.2. The third-order valence-corrected chi connectivity index (χ3v) is 13.9. The van der Waals surface area contributed by atoms with Gasteiger partial charge in [0.25, 0.3) is 11.8 Å². The first-order valence-electron chi connectivity index (χ1n) is 24.6. The van der Waals surface area contributed by atoms with Gasteiger partial charge in [-0.2, -0.15) is 4.98 Å². The molecule has 1 aliphatic carbocycles. The number of aromatic nitrogens is 2. The van der Waals surface area contributed by atoms with Gasteiger partial charge in [0.1, 0.15) is 23.5 Å². The number of anilines is 4. The van der Waals surface area contributed by atoms with E-state index >= 15 is 0 Å². The van der Waals surface area contributed by atoms with Crippen molar-refractivity contribution in [2.45, 2.75) is 121 Å². The molecule has 5 aliphatic rings. The minimum atomic E-state index is -0.640. The number of likely N-dealkylation sites (N-methyl/N-ethyl adjacent to an activating group) is 1. The van der Waals surface area contributed by atoms with Gasteiger partial charge in [0.05, 0.1) is 19.0 Å². The largest absolute Gasteiger partial charge is 0.495 e. The predicted molar refractivity (Wildman–Crippen MR) is 259 cm³/mol. The molecule has 2 saturated heterocycles. The van der Waals surface area contributed by atoms with Crippen LogP contribution in [0.15, 0.2) is 42.6 Å². The van der Waals surface area contributed by atoms with Crippen molar-refractivity contribution in [1.82, 2.24) is 35.7 Å². The van der Waals surface area contributed by atoms with Crippen LogP contribution in [0.25, 0.3) is 0 Å². The summed E-state index contributed by atoms with van der Waals surface area (Å²) in [5, 5.41) is 12.4. The highest BCUT2D eigenvalue weighted by Crippen LogP contribution is 2.40. The summed E-state index contributed by atoms with van der Waals surface area (Å²) >= 11 is 0. The molecule has 1 aromatic heterocycles. The van der Waals surface area contributed by atoms with Crippen molar-refractivity contribution >= 4 is 52.7 Å². The summed E-state index contributed by atoms with van der Waals surface area (Å²) in [5.74, 6) is 7.16. The van der Waals surface area contributed by atoms with Crippen LogP contribution in [0.5, 0.6) is 5.75 Å². The van der Waals surface area contributed by atoms with Crippen molar-refractivity contribution in [3.8, 4) is 17.6 Å². The number of imide groups is 1. The second kappa shape index (κ2) is 22.8. The molecule has 0 spiro atoms. The normalized spacial score (nSPS) is 20.0. The average molecular weight is 931 g/mol. The highest BCUT2D eigenvalue weighted by atomic mass is 16.5. The van der Waals surface area contributed by atoms with E-state index in [1.165, 1.54) is 0 Å². The molecule has 362 valence electrons. The number of unbranched alkanes of at least 4 members (excludes halogenated alkanes) is 1. The molecule has 5 amide bonds. The lowest BCUT2D eigenvalue weighted by molar-refractivity contribution is -0.137. The van der Waals surface area contributed by atoms with Crippen LogP contribution < -0.4 is 35.8 Å². The quantitative estimate of drug-likeness (QED) is 0.0722. The fourth-order valence-electron chi connectivity index (χ4n) is 10.1. The molecule has 0 radical (unpaired) electrons. The minimum Gasteiger partial charge on any atom is -0.495 e. The highest BCUT2D eigenvalue weighted by molar-refractivity contribution is 6.06. The standard InChI is InChI=1S/C51H66N10O7/c1-4-41-50(66)58(2)43-32-53-51(57-46(43)61(41)37-15-7-8-16-37)55-40-19-18-35(31-44(40)67-3)47(63)54-36-22-27-59(28-23-36)26-11-24-52-25-12-30-68-29-9-5-6-13-34-14-10-17-38-39(34)33-60(49(38)65)42-20-21-45(62)56-48(42)64/h10,14,17-19,31-32,36-37,41-42,52H,4-5,7-9,11-12,15-16,20-30,33H2,1-3H3,(H,54,63)(H,53,55,57)(H,56,62,64)/t41-,42?/m1/s1. The van der Waals surface area contributed by atoms with Gasteiger partial charge in [-0.3, -0.25) is 29.3 Å². The summed E-state index contributed by atoms with van der Waals surface area (Å²) in [5.41, 5.74) is 4.09. The lowest BCUT2D eigenvalue weighted by atomic mass is 10.0. The molecule has 2 aromatic carbocycles. The Morgan fingerprint density at radius 2 is 1.76 bits per heavy atom. The van der Waals surface area contributed by atoms with Crippen LogP contribution in [0.4, 0.5) is 23.1 Å². The van der Waals surface area contributed by atoms with E-state index in [1.54, 1.807) is 48.4 Å². The van der Waals surface area contributed by atoms with E-state index in [4.69, 9.17) is 14.5 Å². The summed E-state index contributed by atoms with van der Waals surface area (Å²) < 4.78 is 11.6. The number of methoxy groups -OCH3 is 1. The number of nitrogens with zero attached hydrogens (tertiary/aromatic N) is 6. The molecule has 1 saturated carbocycles. The number of likely N-dealkylation sites (tertiary alicyclic amines) is 1. The summed E-state index contributed by atoms with van der Waals surface area (Å²) in [7, 11) is 3.38. The fraction of sp³-hybridized carbons (Fsp3) is 0.549. The number of nitrogens with one attached hydrogen (secondary N) is 4. The zero-order valence-electron chi connectivity index (χ0n) is 39.7. The average Bonchev–Trinajstić information content (AvgIpc) is 4.00. The number of fused-ring (bicyclic) bond motifs is 2. The van der Waals surface area contributed by atoms with Crippen LogP contribution in [-0.2, 0) is 25.7 Å². The van der Waals surface area contributed by atoms with Gasteiger partial charge in [-0.25, -0.2) is 4.98 Å². The number of amides is 5. The first-order chi connectivity index (χ1) is 33.1. The molecule has 0 bridgehead atoms.